The summed E-state index contributed by atoms with van der Waals surface area (Å²) in [5, 5.41) is 34.2. The molecule has 636 valence electrons. The molecule has 3 heterocycles. The molecule has 0 aliphatic heterocycles. The third-order valence-corrected chi connectivity index (χ3v) is 28.5. The largest absolute Gasteiger partial charge is 0.456 e. The van der Waals surface area contributed by atoms with E-state index in [1.54, 1.807) is 0 Å². The van der Waals surface area contributed by atoms with Crippen LogP contribution in [0.3, 0.4) is 0 Å². The van der Waals surface area contributed by atoms with Crippen molar-refractivity contribution < 1.29 is 13.3 Å². The summed E-state index contributed by atoms with van der Waals surface area (Å²) >= 11 is 0. The van der Waals surface area contributed by atoms with E-state index < -0.39 is 0 Å². The van der Waals surface area contributed by atoms with E-state index in [1.165, 1.54) is 202 Å². The summed E-state index contributed by atoms with van der Waals surface area (Å²) < 4.78 is 19.7. The Morgan fingerprint density at radius 1 is 0.102 bits per heavy atom. The van der Waals surface area contributed by atoms with E-state index >= 15 is 0 Å². The van der Waals surface area contributed by atoms with Gasteiger partial charge in [-0.05, 0) is 262 Å². The molecule has 29 rings (SSSR count). The minimum absolute atomic E-state index is 0.902. The summed E-state index contributed by atoms with van der Waals surface area (Å²) in [5.41, 5.74) is 27.3. The van der Waals surface area contributed by atoms with E-state index in [9.17, 15) is 0 Å². The fraction of sp³-hybridized carbons (Fsp3) is 0. The molecule has 0 bridgehead atoms. The standard InChI is InChI=1S/2C46H28O.C42H26O/c1-3-17-32-29(13-1)15-11-24-34(32)41-27-31(28-42-35-19-9-10-26-43(35)47-46(41)42)44-37-20-5-7-22-39(37)45(40-23-8-6-21-38(40)44)36-25-12-16-30-14-2-4-18-33(30)36;1-3-17-31-29(13-1)15-11-24-33(31)40-28-44-41(34-19-9-10-26-43(34)47-44)27-42(40)46-38-22-7-5-20-36(38)45(37-21-6-8-23-39(37)46)35-25-12-16-30-14-2-4-18-32(30)35;1-2-12-28(13-3-1)32-19-10-20-37-38-26-31(23-24-39(38)43-42(32)37)41-35-17-8-6-15-33(35)40(34-16-7-9-18-36(34)41)30-22-21-27-11-4-5-14-29(27)25-30/h2*1-28H;1-26H. The van der Waals surface area contributed by atoms with Gasteiger partial charge in [-0.2, -0.15) is 0 Å². The van der Waals surface area contributed by atoms with Gasteiger partial charge in [-0.3, -0.25) is 0 Å². The van der Waals surface area contributed by atoms with E-state index in [0.717, 1.165) is 82.5 Å². The smallest absolute Gasteiger partial charge is 0.143 e. The highest BCUT2D eigenvalue weighted by Crippen LogP contribution is 2.54. The van der Waals surface area contributed by atoms with Crippen LogP contribution in [0.2, 0.25) is 0 Å². The van der Waals surface area contributed by atoms with Crippen molar-refractivity contribution in [3.8, 4) is 100 Å². The first-order valence-corrected chi connectivity index (χ1v) is 47.1. The number of benzene rings is 26. The van der Waals surface area contributed by atoms with E-state index in [2.05, 4.69) is 491 Å². The molecule has 26 aromatic carbocycles. The molecule has 0 unspecified atom stereocenters. The van der Waals surface area contributed by atoms with Crippen LogP contribution in [0.4, 0.5) is 0 Å². The Morgan fingerprint density at radius 2 is 0.401 bits per heavy atom. The topological polar surface area (TPSA) is 39.4 Å². The lowest BCUT2D eigenvalue weighted by Crippen LogP contribution is -1.94. The number of furan rings is 3. The van der Waals surface area contributed by atoms with Gasteiger partial charge in [0.1, 0.15) is 33.5 Å². The summed E-state index contributed by atoms with van der Waals surface area (Å²) in [6.45, 7) is 0. The Morgan fingerprint density at radius 3 is 0.883 bits per heavy atom. The Balaban J connectivity index is 0.000000104. The molecule has 0 N–H and O–H groups in total. The molecule has 0 spiro atoms. The molecule has 137 heavy (non-hydrogen) atoms. The number of fused-ring (bicyclic) bond motifs is 20. The lowest BCUT2D eigenvalue weighted by molar-refractivity contribution is 0.669. The predicted octanol–water partition coefficient (Wildman–Crippen LogP) is 38.4. The fourth-order valence-electron chi connectivity index (χ4n) is 22.5. The van der Waals surface area contributed by atoms with Crippen LogP contribution < -0.4 is 0 Å². The maximum Gasteiger partial charge on any atom is 0.143 e. The third-order valence-electron chi connectivity index (χ3n) is 28.5. The van der Waals surface area contributed by atoms with Crippen LogP contribution >= 0.6 is 0 Å². The molecule has 0 amide bonds. The van der Waals surface area contributed by atoms with Gasteiger partial charge in [0.25, 0.3) is 0 Å². The van der Waals surface area contributed by atoms with Crippen LogP contribution in [0.15, 0.2) is 511 Å². The lowest BCUT2D eigenvalue weighted by Gasteiger charge is -2.21. The first-order chi connectivity index (χ1) is 68.0. The first kappa shape index (κ1) is 78.8. The average molecular weight is 1740 g/mol. The van der Waals surface area contributed by atoms with Crippen LogP contribution in [-0.2, 0) is 0 Å². The molecule has 0 aliphatic carbocycles. The van der Waals surface area contributed by atoms with E-state index in [0.29, 0.717) is 0 Å². The number of para-hydroxylation sites is 3. The van der Waals surface area contributed by atoms with E-state index in [1.807, 2.05) is 6.07 Å². The van der Waals surface area contributed by atoms with Crippen LogP contribution in [-0.4, -0.2) is 0 Å². The molecule has 3 nitrogen and oxygen atoms in total. The average Bonchev–Trinajstić information content (AvgIpc) is 1.42. The molecule has 3 heteroatoms. The number of rotatable bonds is 9. The van der Waals surface area contributed by atoms with Crippen molar-refractivity contribution in [3.63, 3.8) is 0 Å². The molecular weight excluding hydrogens is 1660 g/mol. The lowest BCUT2D eigenvalue weighted by atomic mass is 9.82. The van der Waals surface area contributed by atoms with Crippen molar-refractivity contribution in [3.05, 3.63) is 497 Å². The fourth-order valence-corrected chi connectivity index (χ4v) is 22.5. The van der Waals surface area contributed by atoms with Gasteiger partial charge < -0.3 is 13.3 Å². The van der Waals surface area contributed by atoms with E-state index in [4.69, 9.17) is 13.3 Å². The van der Waals surface area contributed by atoms with Crippen LogP contribution in [0.1, 0.15) is 0 Å². The SMILES string of the molecule is c1ccc(-c2cccc3c2oc2ccc(-c4c5ccccc5c(-c5ccc6ccccc6c5)c5ccccc45)cc23)cc1.c1ccc2c(-c3c4ccccc4c(-c4cc(-c5cccc6ccccc56)c5oc6ccccc6c5c4)c4ccccc34)cccc2c1.c1ccc2c(-c3cc4oc5ccccc5c4cc3-c3c4ccccc4c(-c4cccc5ccccc45)c4ccccc34)cccc2c1. The highest BCUT2D eigenvalue weighted by Gasteiger charge is 2.28. The normalized spacial score (nSPS) is 11.8. The predicted molar refractivity (Wildman–Crippen MR) is 583 cm³/mol. The third kappa shape index (κ3) is 13.0. The molecule has 0 radical (unpaired) electrons. The monoisotopic (exact) mass is 1740 g/mol. The minimum atomic E-state index is 0.902. The van der Waals surface area contributed by atoms with Gasteiger partial charge in [0.15, 0.2) is 0 Å². The highest BCUT2D eigenvalue weighted by atomic mass is 16.3. The molecule has 0 aliphatic rings. The number of hydrogen-bond acceptors (Lipinski definition) is 3. The summed E-state index contributed by atoms with van der Waals surface area (Å²) in [4.78, 5) is 0. The van der Waals surface area contributed by atoms with Gasteiger partial charge >= 0.3 is 0 Å². The van der Waals surface area contributed by atoms with Gasteiger partial charge in [0.2, 0.25) is 0 Å². The summed E-state index contributed by atoms with van der Waals surface area (Å²) in [7, 11) is 0. The maximum absolute atomic E-state index is 6.67. The van der Waals surface area contributed by atoms with Crippen LogP contribution in [0, 0.1) is 0 Å². The first-order valence-electron chi connectivity index (χ1n) is 47.1. The Labute approximate surface area is 789 Å². The zero-order valence-electron chi connectivity index (χ0n) is 74.6. The van der Waals surface area contributed by atoms with Gasteiger partial charge in [-0.25, -0.2) is 0 Å². The molecule has 0 atom stereocenters. The zero-order chi connectivity index (χ0) is 90.1. The minimum Gasteiger partial charge on any atom is -0.456 e. The Kier molecular flexibility index (Phi) is 18.7. The molecular formula is C134H82O3. The molecule has 0 fully saturated rings. The molecule has 29 aromatic rings. The van der Waals surface area contributed by atoms with Crippen molar-refractivity contribution >= 4 is 184 Å². The van der Waals surface area contributed by atoms with Crippen molar-refractivity contribution in [1.82, 2.24) is 0 Å². The highest BCUT2D eigenvalue weighted by molar-refractivity contribution is 6.29. The summed E-state index contributed by atoms with van der Waals surface area (Å²) in [6, 6.07) is 180. The van der Waals surface area contributed by atoms with Crippen molar-refractivity contribution in [2.24, 2.45) is 0 Å². The molecule has 3 aromatic heterocycles. The van der Waals surface area contributed by atoms with E-state index in [-0.39, 0.29) is 0 Å². The summed E-state index contributed by atoms with van der Waals surface area (Å²) in [6.07, 6.45) is 0. The van der Waals surface area contributed by atoms with Gasteiger partial charge in [0.05, 0.1) is 0 Å². The summed E-state index contributed by atoms with van der Waals surface area (Å²) in [5.74, 6) is 0. The second-order valence-corrected chi connectivity index (χ2v) is 36.0. The quantitative estimate of drug-likeness (QED) is 0.135. The van der Waals surface area contributed by atoms with Crippen LogP contribution in [0.5, 0.6) is 0 Å². The van der Waals surface area contributed by atoms with Crippen molar-refractivity contribution in [2.45, 2.75) is 0 Å². The van der Waals surface area contributed by atoms with Crippen molar-refractivity contribution in [1.29, 1.82) is 0 Å². The molecule has 0 saturated carbocycles. The van der Waals surface area contributed by atoms with Crippen LogP contribution in [0.25, 0.3) is 284 Å². The molecule has 0 saturated heterocycles. The van der Waals surface area contributed by atoms with Gasteiger partial charge in [0, 0.05) is 43.4 Å². The van der Waals surface area contributed by atoms with Gasteiger partial charge in [-0.1, -0.05) is 443 Å². The second-order valence-electron chi connectivity index (χ2n) is 36.0. The Hall–Kier alpha value is -18.0. The van der Waals surface area contributed by atoms with Crippen molar-refractivity contribution in [2.75, 3.05) is 0 Å². The maximum atomic E-state index is 6.67. The Bertz CT molecular complexity index is 9830. The second kappa shape index (κ2) is 32.5. The number of hydrogen-bond donors (Lipinski definition) is 0. The van der Waals surface area contributed by atoms with Gasteiger partial charge in [-0.15, -0.1) is 0 Å². The zero-order valence-corrected chi connectivity index (χ0v) is 74.6.